The van der Waals surface area contributed by atoms with Crippen LogP contribution in [0.1, 0.15) is 36.5 Å². The molecular formula is C16H19FO4. The topological polar surface area (TPSA) is 52.6 Å². The van der Waals surface area contributed by atoms with E-state index in [0.717, 1.165) is 0 Å². The Morgan fingerprint density at radius 3 is 2.67 bits per heavy atom. The number of rotatable bonds is 7. The predicted octanol–water partition coefficient (Wildman–Crippen LogP) is 2.91. The summed E-state index contributed by atoms with van der Waals surface area (Å²) in [4.78, 5) is 23.0. The molecular weight excluding hydrogens is 275 g/mol. The van der Waals surface area contributed by atoms with Gasteiger partial charge < -0.3 is 9.47 Å². The van der Waals surface area contributed by atoms with E-state index >= 15 is 0 Å². The number of benzene rings is 1. The minimum atomic E-state index is -1.82. The molecule has 0 amide bonds. The molecule has 4 nitrogen and oxygen atoms in total. The zero-order valence-corrected chi connectivity index (χ0v) is 12.0. The number of alkyl halides is 1. The first-order valence-corrected chi connectivity index (χ1v) is 7.16. The third-order valence-electron chi connectivity index (χ3n) is 3.58. The number of halogens is 1. The molecule has 0 aliphatic heterocycles. The van der Waals surface area contributed by atoms with Crippen LogP contribution in [0.4, 0.5) is 4.39 Å². The van der Waals surface area contributed by atoms with Crippen LogP contribution < -0.4 is 0 Å². The summed E-state index contributed by atoms with van der Waals surface area (Å²) in [6.45, 7) is 2.07. The van der Waals surface area contributed by atoms with Gasteiger partial charge >= 0.3 is 11.9 Å². The van der Waals surface area contributed by atoms with Gasteiger partial charge in [-0.1, -0.05) is 18.2 Å². The van der Waals surface area contributed by atoms with Crippen molar-refractivity contribution in [3.63, 3.8) is 0 Å². The molecule has 1 aromatic rings. The molecule has 1 aliphatic rings. The molecule has 21 heavy (non-hydrogen) atoms. The number of hydrogen-bond donors (Lipinski definition) is 0. The van der Waals surface area contributed by atoms with E-state index in [4.69, 9.17) is 9.47 Å². The number of hydrogen-bond acceptors (Lipinski definition) is 4. The Kier molecular flexibility index (Phi) is 4.94. The van der Waals surface area contributed by atoms with Gasteiger partial charge in [-0.25, -0.2) is 14.0 Å². The van der Waals surface area contributed by atoms with E-state index < -0.39 is 11.6 Å². The summed E-state index contributed by atoms with van der Waals surface area (Å²) in [6, 6.07) is 8.70. The molecule has 0 unspecified atom stereocenters. The van der Waals surface area contributed by atoms with E-state index in [1.165, 1.54) is 0 Å². The summed E-state index contributed by atoms with van der Waals surface area (Å²) in [7, 11) is 0. The maximum Gasteiger partial charge on any atom is 0.344 e. The quantitative estimate of drug-likeness (QED) is 0.573. The van der Waals surface area contributed by atoms with Gasteiger partial charge in [0.2, 0.25) is 5.67 Å². The predicted molar refractivity (Wildman–Crippen MR) is 74.5 cm³/mol. The molecule has 0 radical (unpaired) electrons. The molecule has 0 aromatic heterocycles. The summed E-state index contributed by atoms with van der Waals surface area (Å²) in [6.07, 6.45) is 1.25. The average molecular weight is 294 g/mol. The van der Waals surface area contributed by atoms with E-state index in [0.29, 0.717) is 18.4 Å². The second-order valence-electron chi connectivity index (χ2n) is 5.13. The normalized spacial score (nSPS) is 23.4. The van der Waals surface area contributed by atoms with Crippen LogP contribution in [0.2, 0.25) is 0 Å². The fourth-order valence-electron chi connectivity index (χ4n) is 2.28. The van der Waals surface area contributed by atoms with Gasteiger partial charge in [-0.05, 0) is 38.3 Å². The van der Waals surface area contributed by atoms with Gasteiger partial charge in [0.15, 0.2) is 0 Å². The van der Waals surface area contributed by atoms with Crippen molar-refractivity contribution >= 4 is 11.9 Å². The number of carbonyl (C=O) groups is 2. The summed E-state index contributed by atoms with van der Waals surface area (Å²) in [5.41, 5.74) is -1.32. The van der Waals surface area contributed by atoms with Crippen molar-refractivity contribution in [2.75, 3.05) is 13.2 Å². The van der Waals surface area contributed by atoms with Crippen molar-refractivity contribution in [2.24, 2.45) is 5.92 Å². The lowest BCUT2D eigenvalue weighted by Crippen LogP contribution is -2.22. The molecule has 114 valence electrons. The molecule has 2 atom stereocenters. The molecule has 0 spiro atoms. The molecule has 1 fully saturated rings. The molecule has 2 rings (SSSR count). The SMILES string of the molecule is CCOC(=O)[C@]1(F)C[C@@H]1CCCOC(=O)c1ccccc1. The van der Waals surface area contributed by atoms with Gasteiger partial charge in [0.1, 0.15) is 0 Å². The molecule has 1 aromatic carbocycles. The Bertz CT molecular complexity index is 502. The lowest BCUT2D eigenvalue weighted by molar-refractivity contribution is -0.151. The highest BCUT2D eigenvalue weighted by atomic mass is 19.1. The van der Waals surface area contributed by atoms with Crippen LogP contribution in [-0.2, 0) is 14.3 Å². The Labute approximate surface area is 123 Å². The van der Waals surface area contributed by atoms with E-state index in [-0.39, 0.29) is 31.5 Å². The fraction of sp³-hybridized carbons (Fsp3) is 0.500. The van der Waals surface area contributed by atoms with E-state index in [9.17, 15) is 14.0 Å². The van der Waals surface area contributed by atoms with Crippen LogP contribution in [0.5, 0.6) is 0 Å². The third kappa shape index (κ3) is 3.80. The molecule has 0 heterocycles. The number of esters is 2. The first kappa shape index (κ1) is 15.5. The Morgan fingerprint density at radius 2 is 2.00 bits per heavy atom. The molecule has 5 heteroatoms. The second kappa shape index (κ2) is 6.70. The maximum atomic E-state index is 14.0. The molecule has 0 bridgehead atoms. The summed E-state index contributed by atoms with van der Waals surface area (Å²) in [5.74, 6) is -1.47. The van der Waals surface area contributed by atoms with Gasteiger partial charge in [-0.3, -0.25) is 0 Å². The fourth-order valence-corrected chi connectivity index (χ4v) is 2.28. The van der Waals surface area contributed by atoms with Crippen LogP contribution in [-0.4, -0.2) is 30.8 Å². The van der Waals surface area contributed by atoms with Crippen LogP contribution >= 0.6 is 0 Å². The maximum absolute atomic E-state index is 14.0. The van der Waals surface area contributed by atoms with Gasteiger partial charge in [0.05, 0.1) is 18.8 Å². The van der Waals surface area contributed by atoms with Crippen LogP contribution in [0.15, 0.2) is 30.3 Å². The minimum absolute atomic E-state index is 0.186. The molecule has 0 saturated heterocycles. The number of carbonyl (C=O) groups excluding carboxylic acids is 2. The van der Waals surface area contributed by atoms with Crippen LogP contribution in [0.3, 0.4) is 0 Å². The van der Waals surface area contributed by atoms with Gasteiger partial charge in [-0.15, -0.1) is 0 Å². The lowest BCUT2D eigenvalue weighted by Gasteiger charge is -2.07. The first-order chi connectivity index (χ1) is 10.1. The summed E-state index contributed by atoms with van der Waals surface area (Å²) < 4.78 is 23.8. The molecule has 1 saturated carbocycles. The second-order valence-corrected chi connectivity index (χ2v) is 5.13. The van der Waals surface area contributed by atoms with Crippen molar-refractivity contribution in [3.8, 4) is 0 Å². The van der Waals surface area contributed by atoms with E-state index in [1.54, 1.807) is 31.2 Å². The van der Waals surface area contributed by atoms with Gasteiger partial charge in [0.25, 0.3) is 0 Å². The van der Waals surface area contributed by atoms with Crippen molar-refractivity contribution in [2.45, 2.75) is 31.9 Å². The highest BCUT2D eigenvalue weighted by Gasteiger charge is 2.62. The van der Waals surface area contributed by atoms with E-state index in [1.807, 2.05) is 6.07 Å². The van der Waals surface area contributed by atoms with Crippen LogP contribution in [0.25, 0.3) is 0 Å². The van der Waals surface area contributed by atoms with Crippen molar-refractivity contribution in [1.82, 2.24) is 0 Å². The van der Waals surface area contributed by atoms with Crippen LogP contribution in [0, 0.1) is 5.92 Å². The summed E-state index contributed by atoms with van der Waals surface area (Å²) in [5, 5.41) is 0. The lowest BCUT2D eigenvalue weighted by atomic mass is 10.2. The number of ether oxygens (including phenoxy) is 2. The Hall–Kier alpha value is -1.91. The zero-order chi connectivity index (χ0) is 15.3. The Morgan fingerprint density at radius 1 is 1.29 bits per heavy atom. The first-order valence-electron chi connectivity index (χ1n) is 7.16. The van der Waals surface area contributed by atoms with Crippen molar-refractivity contribution in [3.05, 3.63) is 35.9 Å². The molecule has 0 N–H and O–H groups in total. The average Bonchev–Trinajstić information content (AvgIpc) is 3.17. The highest BCUT2D eigenvalue weighted by Crippen LogP contribution is 2.50. The van der Waals surface area contributed by atoms with Crippen molar-refractivity contribution in [1.29, 1.82) is 0 Å². The standard InChI is InChI=1S/C16H19FO4/c1-2-20-15(19)16(17)11-13(16)9-6-10-21-14(18)12-7-4-3-5-8-12/h3-5,7-8,13H,2,6,9-11H2,1H3/t13-,16-/m0/s1. The smallest absolute Gasteiger partial charge is 0.344 e. The monoisotopic (exact) mass is 294 g/mol. The zero-order valence-electron chi connectivity index (χ0n) is 12.0. The Balaban J connectivity index is 1.65. The van der Waals surface area contributed by atoms with Gasteiger partial charge in [0, 0.05) is 5.92 Å². The summed E-state index contributed by atoms with van der Waals surface area (Å²) >= 11 is 0. The van der Waals surface area contributed by atoms with Crippen molar-refractivity contribution < 1.29 is 23.5 Å². The minimum Gasteiger partial charge on any atom is -0.464 e. The van der Waals surface area contributed by atoms with Gasteiger partial charge in [-0.2, -0.15) is 0 Å². The molecule has 1 aliphatic carbocycles. The third-order valence-corrected chi connectivity index (χ3v) is 3.58. The van der Waals surface area contributed by atoms with E-state index in [2.05, 4.69) is 0 Å². The largest absolute Gasteiger partial charge is 0.464 e. The highest BCUT2D eigenvalue weighted by molar-refractivity contribution is 5.89.